The summed E-state index contributed by atoms with van der Waals surface area (Å²) in [5.74, 6) is -4.28. The van der Waals surface area contributed by atoms with Crippen molar-refractivity contribution in [3.05, 3.63) is 12.2 Å². The van der Waals surface area contributed by atoms with Gasteiger partial charge in [-0.3, -0.25) is 4.79 Å². The van der Waals surface area contributed by atoms with E-state index in [-0.39, 0.29) is 6.42 Å². The van der Waals surface area contributed by atoms with Gasteiger partial charge in [-0.05, 0) is 25.2 Å². The number of Topliss-reactive ketones (excluding diaryl/α,β-unsaturated/α-hetero) is 1. The van der Waals surface area contributed by atoms with Gasteiger partial charge in [-0.25, -0.2) is 0 Å². The molecule has 0 aromatic heterocycles. The normalized spacial score (nSPS) is 41.9. The van der Waals surface area contributed by atoms with Crippen LogP contribution >= 0.6 is 10.2 Å². The molecule has 0 aliphatic heterocycles. The van der Waals surface area contributed by atoms with Gasteiger partial charge < -0.3 is 0 Å². The predicted octanol–water partition coefficient (Wildman–Crippen LogP) is 4.06. The molecule has 4 atom stereocenters. The summed E-state index contributed by atoms with van der Waals surface area (Å²) in [4.78, 5) is 11.1. The maximum atomic E-state index is 12.8. The van der Waals surface area contributed by atoms with E-state index in [2.05, 4.69) is 0 Å². The van der Waals surface area contributed by atoms with Crippen LogP contribution in [0.3, 0.4) is 0 Å². The molecule has 0 radical (unpaired) electrons. The average Bonchev–Trinajstić information content (AvgIpc) is 2.55. The second-order valence-electron chi connectivity index (χ2n) is 4.58. The van der Waals surface area contributed by atoms with Gasteiger partial charge in [0.05, 0.1) is 0 Å². The largest absolute Gasteiger partial charge is 0.300 e. The third-order valence-corrected chi connectivity index (χ3v) is 5.04. The van der Waals surface area contributed by atoms with Gasteiger partial charge in [0, 0.05) is 5.92 Å². The first kappa shape index (κ1) is 11.9. The Balaban J connectivity index is 2.50. The number of carbonyl (C=O) groups excluding carboxylic acids is 1. The Morgan fingerprint density at radius 1 is 1.12 bits per heavy atom. The van der Waals surface area contributed by atoms with Gasteiger partial charge in [0.15, 0.2) is 0 Å². The lowest BCUT2D eigenvalue weighted by Gasteiger charge is -2.50. The van der Waals surface area contributed by atoms with Gasteiger partial charge in [0.25, 0.3) is 10.2 Å². The van der Waals surface area contributed by atoms with Crippen molar-refractivity contribution in [2.75, 3.05) is 0 Å². The fraction of sp³-hybridized carbons (Fsp3) is 0.667. The zero-order valence-electron chi connectivity index (χ0n) is 8.38. The smallest absolute Gasteiger partial charge is 0.289 e. The van der Waals surface area contributed by atoms with Crippen LogP contribution in [0, 0.1) is 17.8 Å². The van der Waals surface area contributed by atoms with E-state index in [0.717, 1.165) is 6.92 Å². The third-order valence-electron chi connectivity index (χ3n) is 3.37. The first-order valence-corrected chi connectivity index (χ1v) is 6.83. The lowest BCUT2D eigenvalue weighted by molar-refractivity contribution is -0.121. The molecule has 2 aliphatic carbocycles. The molecule has 1 saturated carbocycles. The number of hydrogen-bond acceptors (Lipinski definition) is 1. The highest BCUT2D eigenvalue weighted by atomic mass is 32.5. The van der Waals surface area contributed by atoms with Crippen LogP contribution in [0.15, 0.2) is 12.2 Å². The Morgan fingerprint density at radius 2 is 1.62 bits per heavy atom. The van der Waals surface area contributed by atoms with Crippen molar-refractivity contribution in [3.63, 3.8) is 0 Å². The van der Waals surface area contributed by atoms with Crippen molar-refractivity contribution in [1.29, 1.82) is 0 Å². The summed E-state index contributed by atoms with van der Waals surface area (Å²) in [7, 11) is -9.59. The van der Waals surface area contributed by atoms with Gasteiger partial charge in [-0.1, -0.05) is 31.6 Å². The first-order valence-electron chi connectivity index (χ1n) is 4.82. The summed E-state index contributed by atoms with van der Waals surface area (Å²) in [5.41, 5.74) is 0. The number of ketones is 1. The summed E-state index contributed by atoms with van der Waals surface area (Å²) in [6, 6.07) is 0. The number of hydrogen-bond donors (Lipinski definition) is 0. The van der Waals surface area contributed by atoms with Crippen LogP contribution < -0.4 is 0 Å². The molecule has 0 N–H and O–H groups in total. The second kappa shape index (κ2) is 2.47. The van der Waals surface area contributed by atoms with E-state index in [9.17, 15) is 24.2 Å². The van der Waals surface area contributed by atoms with E-state index in [1.54, 1.807) is 0 Å². The fourth-order valence-corrected chi connectivity index (χ4v) is 4.73. The van der Waals surface area contributed by atoms with Gasteiger partial charge in [-0.2, -0.15) is 0 Å². The standard InChI is InChI=1S/C9H11F5OS/c1-5(15)8-6-2-3-7(4-6)9(8)16(10,11,12,13)14/h2-3,6-9H,4H2,1H3/t6-,7+,8-,9-/m1/s1. The predicted molar refractivity (Wildman–Crippen MR) is 51.8 cm³/mol. The van der Waals surface area contributed by atoms with Crippen molar-refractivity contribution in [1.82, 2.24) is 0 Å². The van der Waals surface area contributed by atoms with Crippen molar-refractivity contribution in [2.45, 2.75) is 18.6 Å². The van der Waals surface area contributed by atoms with Crippen LogP contribution in [-0.4, -0.2) is 11.0 Å². The van der Waals surface area contributed by atoms with Gasteiger partial charge in [0.2, 0.25) is 0 Å². The van der Waals surface area contributed by atoms with Crippen LogP contribution in [0.25, 0.3) is 0 Å². The zero-order valence-corrected chi connectivity index (χ0v) is 9.19. The van der Waals surface area contributed by atoms with Crippen LogP contribution in [-0.2, 0) is 4.79 Å². The molecular weight excluding hydrogens is 251 g/mol. The van der Waals surface area contributed by atoms with Gasteiger partial charge >= 0.3 is 0 Å². The van der Waals surface area contributed by atoms with E-state index in [4.69, 9.17) is 0 Å². The van der Waals surface area contributed by atoms with Crippen molar-refractivity contribution in [3.8, 4) is 0 Å². The highest BCUT2D eigenvalue weighted by Crippen LogP contribution is 3.02. The summed E-state index contributed by atoms with van der Waals surface area (Å²) in [6.45, 7) is 0.954. The highest BCUT2D eigenvalue weighted by molar-refractivity contribution is 8.46. The SMILES string of the molecule is CC(=O)[C@H]1[C@H](S(F)(F)(F)(F)F)[C@H]2C=C[C@@H]1C2. The molecule has 16 heavy (non-hydrogen) atoms. The van der Waals surface area contributed by atoms with Crippen LogP contribution in [0.5, 0.6) is 0 Å². The molecular formula is C9H11F5OS. The Hall–Kier alpha value is -0.590. The van der Waals surface area contributed by atoms with E-state index < -0.39 is 39.0 Å². The highest BCUT2D eigenvalue weighted by Gasteiger charge is 2.76. The van der Waals surface area contributed by atoms with Crippen LogP contribution in [0.1, 0.15) is 13.3 Å². The number of allylic oxidation sites excluding steroid dienone is 2. The topological polar surface area (TPSA) is 17.1 Å². The molecule has 1 nitrogen and oxygen atoms in total. The molecule has 2 rings (SSSR count). The minimum atomic E-state index is -9.59. The van der Waals surface area contributed by atoms with E-state index in [1.807, 2.05) is 0 Å². The van der Waals surface area contributed by atoms with Gasteiger partial charge in [-0.15, -0.1) is 0 Å². The summed E-state index contributed by atoms with van der Waals surface area (Å²) in [5, 5.41) is -2.76. The molecule has 0 unspecified atom stereocenters. The van der Waals surface area contributed by atoms with Crippen molar-refractivity contribution in [2.24, 2.45) is 17.8 Å². The van der Waals surface area contributed by atoms with E-state index >= 15 is 0 Å². The van der Waals surface area contributed by atoms with Crippen molar-refractivity contribution >= 4 is 16.0 Å². The molecule has 2 bridgehead atoms. The molecule has 0 amide bonds. The summed E-state index contributed by atoms with van der Waals surface area (Å²) < 4.78 is 64.0. The molecule has 94 valence electrons. The quantitative estimate of drug-likeness (QED) is 0.541. The second-order valence-corrected chi connectivity index (χ2v) is 7.18. The molecule has 0 heterocycles. The minimum Gasteiger partial charge on any atom is -0.300 e. The summed E-state index contributed by atoms with van der Waals surface area (Å²) in [6.07, 6.45) is 2.64. The van der Waals surface area contributed by atoms with E-state index in [0.29, 0.717) is 0 Å². The van der Waals surface area contributed by atoms with Crippen LogP contribution in [0.2, 0.25) is 0 Å². The summed E-state index contributed by atoms with van der Waals surface area (Å²) >= 11 is 0. The molecule has 0 saturated heterocycles. The minimum absolute atomic E-state index is 0.0144. The van der Waals surface area contributed by atoms with E-state index in [1.165, 1.54) is 12.2 Å². The third kappa shape index (κ3) is 1.74. The number of halogens is 5. The molecule has 0 spiro atoms. The Kier molecular flexibility index (Phi) is 1.83. The Morgan fingerprint density at radius 3 is 2.00 bits per heavy atom. The first-order chi connectivity index (χ1) is 6.90. The average molecular weight is 262 g/mol. The monoisotopic (exact) mass is 262 g/mol. The Labute approximate surface area is 89.4 Å². The number of carbonyl (C=O) groups is 1. The lowest BCUT2D eigenvalue weighted by Crippen LogP contribution is -2.39. The molecule has 0 aromatic carbocycles. The molecule has 1 fully saturated rings. The lowest BCUT2D eigenvalue weighted by atomic mass is 9.90. The van der Waals surface area contributed by atoms with Gasteiger partial charge in [0.1, 0.15) is 11.0 Å². The Bertz CT molecular complexity index is 383. The maximum absolute atomic E-state index is 12.8. The molecule has 2 aliphatic rings. The molecule has 0 aromatic rings. The molecule has 7 heteroatoms. The maximum Gasteiger partial charge on any atom is 0.289 e. The van der Waals surface area contributed by atoms with Crippen LogP contribution in [0.4, 0.5) is 19.4 Å². The van der Waals surface area contributed by atoms with Crippen molar-refractivity contribution < 1.29 is 24.2 Å². The number of fused-ring (bicyclic) bond motifs is 2. The zero-order chi connectivity index (χ0) is 12.4. The number of rotatable bonds is 2. The fourth-order valence-electron chi connectivity index (χ4n) is 2.92.